The first kappa shape index (κ1) is 12.3. The maximum absolute atomic E-state index is 11.7. The lowest BCUT2D eigenvalue weighted by Gasteiger charge is -2.33. The lowest BCUT2D eigenvalue weighted by atomic mass is 10.2. The van der Waals surface area contributed by atoms with Gasteiger partial charge in [-0.25, -0.2) is 0 Å². The van der Waals surface area contributed by atoms with E-state index in [2.05, 4.69) is 22.3 Å². The SMILES string of the molecule is CC(=O)N1CCOc2ccc(N3CCNCC3)cc21. The maximum atomic E-state index is 11.7. The molecule has 5 nitrogen and oxygen atoms in total. The lowest BCUT2D eigenvalue weighted by Crippen LogP contribution is -2.43. The fraction of sp³-hybridized carbons (Fsp3) is 0.500. The molecule has 0 aliphatic carbocycles. The van der Waals surface area contributed by atoms with Gasteiger partial charge in [0.15, 0.2) is 0 Å². The number of anilines is 2. The van der Waals surface area contributed by atoms with Gasteiger partial charge < -0.3 is 19.9 Å². The van der Waals surface area contributed by atoms with Crippen LogP contribution in [0.1, 0.15) is 6.92 Å². The van der Waals surface area contributed by atoms with Crippen LogP contribution in [-0.4, -0.2) is 45.2 Å². The third-order valence-electron chi connectivity index (χ3n) is 3.67. The van der Waals surface area contributed by atoms with Crippen LogP contribution in [0, 0.1) is 0 Å². The average molecular weight is 261 g/mol. The molecule has 1 N–H and O–H groups in total. The Morgan fingerprint density at radius 3 is 2.79 bits per heavy atom. The number of fused-ring (bicyclic) bond motifs is 1. The summed E-state index contributed by atoms with van der Waals surface area (Å²) in [6.45, 7) is 6.81. The van der Waals surface area contributed by atoms with Crippen molar-refractivity contribution < 1.29 is 9.53 Å². The molecule has 2 aliphatic heterocycles. The molecule has 1 aromatic carbocycles. The van der Waals surface area contributed by atoms with E-state index in [0.717, 1.165) is 43.3 Å². The van der Waals surface area contributed by atoms with E-state index >= 15 is 0 Å². The summed E-state index contributed by atoms with van der Waals surface area (Å²) >= 11 is 0. The summed E-state index contributed by atoms with van der Waals surface area (Å²) in [4.78, 5) is 15.8. The van der Waals surface area contributed by atoms with Gasteiger partial charge >= 0.3 is 0 Å². The van der Waals surface area contributed by atoms with Crippen molar-refractivity contribution in [2.45, 2.75) is 6.92 Å². The molecule has 0 aromatic heterocycles. The minimum atomic E-state index is 0.0713. The third kappa shape index (κ3) is 2.38. The molecule has 19 heavy (non-hydrogen) atoms. The van der Waals surface area contributed by atoms with Crippen molar-refractivity contribution in [1.29, 1.82) is 0 Å². The molecule has 2 aliphatic rings. The number of nitrogens with zero attached hydrogens (tertiary/aromatic N) is 2. The van der Waals surface area contributed by atoms with Crippen LogP contribution in [0.4, 0.5) is 11.4 Å². The number of carbonyl (C=O) groups excluding carboxylic acids is 1. The molecule has 2 heterocycles. The summed E-state index contributed by atoms with van der Waals surface area (Å²) in [5.74, 6) is 0.877. The number of benzene rings is 1. The highest BCUT2D eigenvalue weighted by molar-refractivity contribution is 5.94. The summed E-state index contributed by atoms with van der Waals surface area (Å²) in [5.41, 5.74) is 2.06. The fourth-order valence-electron chi connectivity index (χ4n) is 2.65. The van der Waals surface area contributed by atoms with Crippen LogP contribution in [0.2, 0.25) is 0 Å². The Kier molecular flexibility index (Phi) is 3.29. The standard InChI is InChI=1S/C14H19N3O2/c1-11(18)17-8-9-19-14-3-2-12(10-13(14)17)16-6-4-15-5-7-16/h2-3,10,15H,4-9H2,1H3. The van der Waals surface area contributed by atoms with Gasteiger partial charge in [0.05, 0.1) is 12.2 Å². The third-order valence-corrected chi connectivity index (χ3v) is 3.67. The highest BCUT2D eigenvalue weighted by Gasteiger charge is 2.22. The topological polar surface area (TPSA) is 44.8 Å². The predicted molar refractivity (Wildman–Crippen MR) is 75.0 cm³/mol. The zero-order valence-electron chi connectivity index (χ0n) is 11.2. The molecule has 3 rings (SSSR count). The highest BCUT2D eigenvalue weighted by Crippen LogP contribution is 2.35. The predicted octanol–water partition coefficient (Wildman–Crippen LogP) is 0.841. The minimum absolute atomic E-state index is 0.0713. The molecule has 5 heteroatoms. The Hall–Kier alpha value is -1.75. The summed E-state index contributed by atoms with van der Waals surface area (Å²) in [6.07, 6.45) is 0. The Labute approximate surface area is 113 Å². The highest BCUT2D eigenvalue weighted by atomic mass is 16.5. The number of ether oxygens (including phenoxy) is 1. The van der Waals surface area contributed by atoms with Crippen molar-refractivity contribution in [3.8, 4) is 5.75 Å². The molecule has 0 bridgehead atoms. The molecule has 1 fully saturated rings. The number of amides is 1. The van der Waals surface area contributed by atoms with Crippen LogP contribution in [0.15, 0.2) is 18.2 Å². The van der Waals surface area contributed by atoms with Gasteiger partial charge in [-0.2, -0.15) is 0 Å². The van der Waals surface area contributed by atoms with Crippen LogP contribution >= 0.6 is 0 Å². The summed E-state index contributed by atoms with van der Waals surface area (Å²) in [5, 5.41) is 3.34. The number of carbonyl (C=O) groups is 1. The number of hydrogen-bond acceptors (Lipinski definition) is 4. The van der Waals surface area contributed by atoms with E-state index in [1.54, 1.807) is 11.8 Å². The van der Waals surface area contributed by atoms with E-state index in [0.29, 0.717) is 13.2 Å². The molecule has 0 atom stereocenters. The average Bonchev–Trinajstić information content (AvgIpc) is 2.47. The Bertz CT molecular complexity index is 484. The number of nitrogens with one attached hydrogen (secondary N) is 1. The van der Waals surface area contributed by atoms with Crippen LogP contribution in [0.25, 0.3) is 0 Å². The minimum Gasteiger partial charge on any atom is -0.490 e. The van der Waals surface area contributed by atoms with E-state index in [1.807, 2.05) is 6.07 Å². The quantitative estimate of drug-likeness (QED) is 0.814. The first-order valence-corrected chi connectivity index (χ1v) is 6.76. The molecule has 102 valence electrons. The first-order chi connectivity index (χ1) is 9.25. The van der Waals surface area contributed by atoms with Crippen molar-refractivity contribution in [1.82, 2.24) is 5.32 Å². The molecular weight excluding hydrogens is 242 g/mol. The van der Waals surface area contributed by atoms with E-state index in [4.69, 9.17) is 4.74 Å². The first-order valence-electron chi connectivity index (χ1n) is 6.76. The summed E-state index contributed by atoms with van der Waals surface area (Å²) < 4.78 is 5.62. The Morgan fingerprint density at radius 2 is 2.05 bits per heavy atom. The Balaban J connectivity index is 1.92. The summed E-state index contributed by atoms with van der Waals surface area (Å²) in [7, 11) is 0. The van der Waals surface area contributed by atoms with Crippen molar-refractivity contribution in [2.75, 3.05) is 49.1 Å². The van der Waals surface area contributed by atoms with E-state index in [-0.39, 0.29) is 5.91 Å². The van der Waals surface area contributed by atoms with Gasteiger partial charge in [-0.05, 0) is 18.2 Å². The second-order valence-corrected chi connectivity index (χ2v) is 4.91. The molecule has 0 saturated carbocycles. The maximum Gasteiger partial charge on any atom is 0.224 e. The van der Waals surface area contributed by atoms with Gasteiger partial charge in [-0.3, -0.25) is 4.79 Å². The zero-order valence-corrected chi connectivity index (χ0v) is 11.2. The molecule has 1 saturated heterocycles. The van der Waals surface area contributed by atoms with E-state index in [1.165, 1.54) is 0 Å². The van der Waals surface area contributed by atoms with Gasteiger partial charge in [0, 0.05) is 38.8 Å². The van der Waals surface area contributed by atoms with Crippen LogP contribution in [0.5, 0.6) is 5.75 Å². The smallest absolute Gasteiger partial charge is 0.224 e. The van der Waals surface area contributed by atoms with Gasteiger partial charge in [-0.15, -0.1) is 0 Å². The number of piperazine rings is 1. The van der Waals surface area contributed by atoms with Crippen LogP contribution in [-0.2, 0) is 4.79 Å². The van der Waals surface area contributed by atoms with Gasteiger partial charge in [-0.1, -0.05) is 0 Å². The molecule has 0 unspecified atom stereocenters. The summed E-state index contributed by atoms with van der Waals surface area (Å²) in [6, 6.07) is 6.12. The molecule has 1 aromatic rings. The van der Waals surface area contributed by atoms with Crippen molar-refractivity contribution >= 4 is 17.3 Å². The lowest BCUT2D eigenvalue weighted by molar-refractivity contribution is -0.116. The van der Waals surface area contributed by atoms with Gasteiger partial charge in [0.25, 0.3) is 0 Å². The second-order valence-electron chi connectivity index (χ2n) is 4.91. The van der Waals surface area contributed by atoms with Gasteiger partial charge in [0.2, 0.25) is 5.91 Å². The molecule has 0 radical (unpaired) electrons. The molecule has 0 spiro atoms. The molecular formula is C14H19N3O2. The van der Waals surface area contributed by atoms with E-state index < -0.39 is 0 Å². The van der Waals surface area contributed by atoms with Crippen molar-refractivity contribution in [3.05, 3.63) is 18.2 Å². The number of rotatable bonds is 1. The Morgan fingerprint density at radius 1 is 1.26 bits per heavy atom. The van der Waals surface area contributed by atoms with Crippen molar-refractivity contribution in [3.63, 3.8) is 0 Å². The van der Waals surface area contributed by atoms with Crippen LogP contribution < -0.4 is 19.9 Å². The second kappa shape index (κ2) is 5.09. The van der Waals surface area contributed by atoms with Gasteiger partial charge in [0.1, 0.15) is 12.4 Å². The zero-order chi connectivity index (χ0) is 13.2. The van der Waals surface area contributed by atoms with Crippen LogP contribution in [0.3, 0.4) is 0 Å². The molecule has 1 amide bonds. The normalized spacial score (nSPS) is 18.8. The van der Waals surface area contributed by atoms with Crippen molar-refractivity contribution in [2.24, 2.45) is 0 Å². The monoisotopic (exact) mass is 261 g/mol. The fourth-order valence-corrected chi connectivity index (χ4v) is 2.65. The number of hydrogen-bond donors (Lipinski definition) is 1. The van der Waals surface area contributed by atoms with E-state index in [9.17, 15) is 4.79 Å². The largest absolute Gasteiger partial charge is 0.490 e.